The van der Waals surface area contributed by atoms with E-state index >= 15 is 0 Å². The van der Waals surface area contributed by atoms with Gasteiger partial charge in [-0.15, -0.1) is 0 Å². The van der Waals surface area contributed by atoms with Crippen LogP contribution in [0, 0.1) is 0 Å². The molecular weight excluding hydrogens is 200 g/mol. The summed E-state index contributed by atoms with van der Waals surface area (Å²) in [7, 11) is 0. The molecule has 0 spiro atoms. The summed E-state index contributed by atoms with van der Waals surface area (Å²) in [5, 5.41) is 3.31. The summed E-state index contributed by atoms with van der Waals surface area (Å²) in [5.74, 6) is 0. The van der Waals surface area contributed by atoms with Crippen LogP contribution in [0.1, 0.15) is 12.5 Å². The van der Waals surface area contributed by atoms with Gasteiger partial charge >= 0.3 is 6.03 Å². The Morgan fingerprint density at radius 2 is 2.36 bits per heavy atom. The van der Waals surface area contributed by atoms with Crippen molar-refractivity contribution in [1.29, 1.82) is 0 Å². The maximum atomic E-state index is 10.6. The van der Waals surface area contributed by atoms with Crippen molar-refractivity contribution in [2.45, 2.75) is 19.4 Å². The first-order valence-electron chi connectivity index (χ1n) is 4.38. The van der Waals surface area contributed by atoms with Crippen LogP contribution < -0.4 is 11.1 Å². The topological polar surface area (TPSA) is 55.1 Å². The summed E-state index contributed by atoms with van der Waals surface area (Å²) in [6, 6.07) is 7.06. The van der Waals surface area contributed by atoms with E-state index in [0.29, 0.717) is 5.02 Å². The molecule has 0 radical (unpaired) electrons. The van der Waals surface area contributed by atoms with Gasteiger partial charge in [0.05, 0.1) is 0 Å². The molecule has 0 bridgehead atoms. The summed E-state index contributed by atoms with van der Waals surface area (Å²) >= 11 is 5.82. The van der Waals surface area contributed by atoms with Crippen LogP contribution in [0.5, 0.6) is 0 Å². The lowest BCUT2D eigenvalue weighted by Crippen LogP contribution is -2.37. The van der Waals surface area contributed by atoms with Crippen LogP contribution in [-0.4, -0.2) is 12.1 Å². The standard InChI is InChI=1S/C10H13ClN2O/c1-7(13-10(12)14)5-8-3-2-4-9(11)6-8/h2-4,6-7H,5H2,1H3,(H3,12,13,14). The number of hydrogen-bond acceptors (Lipinski definition) is 1. The molecule has 0 fully saturated rings. The van der Waals surface area contributed by atoms with Crippen molar-refractivity contribution in [3.05, 3.63) is 34.9 Å². The van der Waals surface area contributed by atoms with Gasteiger partial charge in [-0.1, -0.05) is 23.7 Å². The zero-order valence-corrected chi connectivity index (χ0v) is 8.71. The Bertz CT molecular complexity index is 328. The second kappa shape index (κ2) is 4.86. The summed E-state index contributed by atoms with van der Waals surface area (Å²) in [6.45, 7) is 1.89. The molecule has 0 aromatic heterocycles. The lowest BCUT2D eigenvalue weighted by Gasteiger charge is -2.11. The van der Waals surface area contributed by atoms with Crippen LogP contribution in [0.3, 0.4) is 0 Å². The molecule has 4 heteroatoms. The summed E-state index contributed by atoms with van der Waals surface area (Å²) < 4.78 is 0. The van der Waals surface area contributed by atoms with Crippen molar-refractivity contribution < 1.29 is 4.79 Å². The highest BCUT2D eigenvalue weighted by Gasteiger charge is 2.04. The number of amides is 2. The molecule has 3 nitrogen and oxygen atoms in total. The zero-order chi connectivity index (χ0) is 10.6. The molecule has 0 saturated heterocycles. The predicted molar refractivity (Wildman–Crippen MR) is 57.3 cm³/mol. The van der Waals surface area contributed by atoms with E-state index in [1.807, 2.05) is 31.2 Å². The Hall–Kier alpha value is -1.22. The minimum Gasteiger partial charge on any atom is -0.352 e. The molecule has 1 unspecified atom stereocenters. The Kier molecular flexibility index (Phi) is 3.77. The van der Waals surface area contributed by atoms with Gasteiger partial charge in [-0.25, -0.2) is 4.79 Å². The van der Waals surface area contributed by atoms with Crippen molar-refractivity contribution >= 4 is 17.6 Å². The van der Waals surface area contributed by atoms with Crippen molar-refractivity contribution in [2.24, 2.45) is 5.73 Å². The minimum atomic E-state index is -0.500. The molecule has 3 N–H and O–H groups in total. The van der Waals surface area contributed by atoms with Crippen LogP contribution in [0.15, 0.2) is 24.3 Å². The van der Waals surface area contributed by atoms with Crippen LogP contribution in [0.4, 0.5) is 4.79 Å². The van der Waals surface area contributed by atoms with Gasteiger partial charge < -0.3 is 11.1 Å². The molecule has 76 valence electrons. The Morgan fingerprint density at radius 1 is 1.64 bits per heavy atom. The van der Waals surface area contributed by atoms with Crippen LogP contribution in [0.2, 0.25) is 5.02 Å². The van der Waals surface area contributed by atoms with Gasteiger partial charge in [-0.2, -0.15) is 0 Å². The highest BCUT2D eigenvalue weighted by atomic mass is 35.5. The fourth-order valence-electron chi connectivity index (χ4n) is 1.31. The van der Waals surface area contributed by atoms with E-state index in [1.165, 1.54) is 0 Å². The molecule has 2 amide bonds. The van der Waals surface area contributed by atoms with Crippen LogP contribution >= 0.6 is 11.6 Å². The normalized spacial score (nSPS) is 12.1. The molecule has 0 aliphatic heterocycles. The number of urea groups is 1. The minimum absolute atomic E-state index is 0.0194. The molecule has 0 aliphatic carbocycles. The number of rotatable bonds is 3. The van der Waals surface area contributed by atoms with E-state index in [1.54, 1.807) is 0 Å². The first-order valence-corrected chi connectivity index (χ1v) is 4.76. The van der Waals surface area contributed by atoms with E-state index in [2.05, 4.69) is 5.32 Å². The molecule has 1 atom stereocenters. The number of halogens is 1. The Morgan fingerprint density at radius 3 is 2.93 bits per heavy atom. The van der Waals surface area contributed by atoms with E-state index in [4.69, 9.17) is 17.3 Å². The summed E-state index contributed by atoms with van der Waals surface area (Å²) in [5.41, 5.74) is 6.08. The number of primary amides is 1. The van der Waals surface area contributed by atoms with Crippen molar-refractivity contribution in [1.82, 2.24) is 5.32 Å². The van der Waals surface area contributed by atoms with E-state index in [9.17, 15) is 4.79 Å². The third kappa shape index (κ3) is 3.66. The fourth-order valence-corrected chi connectivity index (χ4v) is 1.52. The highest BCUT2D eigenvalue weighted by molar-refractivity contribution is 6.30. The SMILES string of the molecule is CC(Cc1cccc(Cl)c1)NC(N)=O. The second-order valence-electron chi connectivity index (χ2n) is 3.24. The van der Waals surface area contributed by atoms with Crippen molar-refractivity contribution in [3.63, 3.8) is 0 Å². The third-order valence-electron chi connectivity index (χ3n) is 1.82. The van der Waals surface area contributed by atoms with Gasteiger partial charge in [-0.05, 0) is 31.0 Å². The summed E-state index contributed by atoms with van der Waals surface area (Å²) in [6.07, 6.45) is 0.726. The van der Waals surface area contributed by atoms with Gasteiger partial charge in [0, 0.05) is 11.1 Å². The van der Waals surface area contributed by atoms with Gasteiger partial charge in [-0.3, -0.25) is 0 Å². The molecular formula is C10H13ClN2O. The fraction of sp³-hybridized carbons (Fsp3) is 0.300. The lowest BCUT2D eigenvalue weighted by molar-refractivity contribution is 0.246. The molecule has 0 aliphatic rings. The average molecular weight is 213 g/mol. The van der Waals surface area contributed by atoms with Crippen LogP contribution in [-0.2, 0) is 6.42 Å². The maximum absolute atomic E-state index is 10.6. The number of carbonyl (C=O) groups is 1. The van der Waals surface area contributed by atoms with Gasteiger partial charge in [0.25, 0.3) is 0 Å². The maximum Gasteiger partial charge on any atom is 0.312 e. The van der Waals surface area contributed by atoms with Gasteiger partial charge in [0.2, 0.25) is 0 Å². The van der Waals surface area contributed by atoms with Gasteiger partial charge in [0.15, 0.2) is 0 Å². The first-order chi connectivity index (χ1) is 6.58. The number of benzene rings is 1. The highest BCUT2D eigenvalue weighted by Crippen LogP contribution is 2.11. The van der Waals surface area contributed by atoms with Crippen LogP contribution in [0.25, 0.3) is 0 Å². The molecule has 0 saturated carbocycles. The molecule has 14 heavy (non-hydrogen) atoms. The van der Waals surface area contributed by atoms with Gasteiger partial charge in [0.1, 0.15) is 0 Å². The molecule has 0 heterocycles. The third-order valence-corrected chi connectivity index (χ3v) is 2.05. The Labute approximate surface area is 88.2 Å². The summed E-state index contributed by atoms with van der Waals surface area (Å²) in [4.78, 5) is 10.6. The Balaban J connectivity index is 2.55. The van der Waals surface area contributed by atoms with E-state index in [-0.39, 0.29) is 6.04 Å². The monoisotopic (exact) mass is 212 g/mol. The number of hydrogen-bond donors (Lipinski definition) is 2. The average Bonchev–Trinajstić information content (AvgIpc) is 2.01. The van der Waals surface area contributed by atoms with E-state index in [0.717, 1.165) is 12.0 Å². The smallest absolute Gasteiger partial charge is 0.312 e. The van der Waals surface area contributed by atoms with E-state index < -0.39 is 6.03 Å². The first kappa shape index (κ1) is 10.9. The predicted octanol–water partition coefficient (Wildman–Crippen LogP) is 1.94. The lowest BCUT2D eigenvalue weighted by atomic mass is 10.1. The largest absolute Gasteiger partial charge is 0.352 e. The van der Waals surface area contributed by atoms with Crippen molar-refractivity contribution in [3.8, 4) is 0 Å². The van der Waals surface area contributed by atoms with Crippen molar-refractivity contribution in [2.75, 3.05) is 0 Å². The number of nitrogens with two attached hydrogens (primary N) is 1. The number of carbonyl (C=O) groups excluding carboxylic acids is 1. The molecule has 1 aromatic carbocycles. The second-order valence-corrected chi connectivity index (χ2v) is 3.68. The number of nitrogens with one attached hydrogen (secondary N) is 1. The molecule has 1 rings (SSSR count). The zero-order valence-electron chi connectivity index (χ0n) is 7.96. The quantitative estimate of drug-likeness (QED) is 0.791. The molecule has 1 aromatic rings.